The zero-order chi connectivity index (χ0) is 17.9. The molecule has 2 aromatic carbocycles. The van der Waals surface area contributed by atoms with Crippen molar-refractivity contribution in [2.75, 3.05) is 6.61 Å². The second-order valence-corrected chi connectivity index (χ2v) is 5.69. The van der Waals surface area contributed by atoms with Gasteiger partial charge in [-0.15, -0.1) is 0 Å². The largest absolute Gasteiger partial charge is 0.494 e. The first-order valence-electron chi connectivity index (χ1n) is 8.37. The van der Waals surface area contributed by atoms with Crippen molar-refractivity contribution in [1.82, 2.24) is 0 Å². The Kier molecular flexibility index (Phi) is 7.44. The summed E-state index contributed by atoms with van der Waals surface area (Å²) >= 11 is 0. The molecule has 4 nitrogen and oxygen atoms in total. The fraction of sp³-hybridized carbons (Fsp3) is 0.238. The number of allylic oxidation sites excluding steroid dienone is 1. The van der Waals surface area contributed by atoms with Gasteiger partial charge in [-0.2, -0.15) is 0 Å². The summed E-state index contributed by atoms with van der Waals surface area (Å²) < 4.78 is 5.62. The molecular weight excluding hydrogens is 316 g/mol. The molecule has 0 saturated carbocycles. The fourth-order valence-corrected chi connectivity index (χ4v) is 2.29. The SMILES string of the molecule is O=C(O)CCCCCOc1ccc(C=CC(=O)c2ccccc2)cc1. The highest BCUT2D eigenvalue weighted by atomic mass is 16.5. The summed E-state index contributed by atoms with van der Waals surface area (Å²) in [5.74, 6) is -0.0117. The molecule has 0 fully saturated rings. The smallest absolute Gasteiger partial charge is 0.303 e. The molecule has 0 aliphatic heterocycles. The molecule has 2 rings (SSSR count). The standard InChI is InChI=1S/C21H22O4/c22-20(18-7-3-1-4-8-18)15-12-17-10-13-19(14-11-17)25-16-6-2-5-9-21(23)24/h1,3-4,7-8,10-15H,2,5-6,9,16H2,(H,23,24). The van der Waals surface area contributed by atoms with Crippen LogP contribution < -0.4 is 4.74 Å². The monoisotopic (exact) mass is 338 g/mol. The molecule has 0 aliphatic rings. The average molecular weight is 338 g/mol. The molecule has 0 aliphatic carbocycles. The lowest BCUT2D eigenvalue weighted by atomic mass is 10.1. The van der Waals surface area contributed by atoms with Crippen LogP contribution in [0.2, 0.25) is 0 Å². The Morgan fingerprint density at radius 1 is 0.920 bits per heavy atom. The van der Waals surface area contributed by atoms with Gasteiger partial charge in [-0.1, -0.05) is 48.5 Å². The van der Waals surface area contributed by atoms with Gasteiger partial charge in [-0.25, -0.2) is 0 Å². The van der Waals surface area contributed by atoms with Gasteiger partial charge in [0.15, 0.2) is 5.78 Å². The Morgan fingerprint density at radius 2 is 1.64 bits per heavy atom. The molecule has 130 valence electrons. The van der Waals surface area contributed by atoms with Gasteiger partial charge in [0.1, 0.15) is 5.75 Å². The molecule has 2 aromatic rings. The Hall–Kier alpha value is -2.88. The van der Waals surface area contributed by atoms with E-state index in [0.29, 0.717) is 18.6 Å². The molecule has 0 spiro atoms. The van der Waals surface area contributed by atoms with Crippen molar-refractivity contribution in [2.45, 2.75) is 25.7 Å². The van der Waals surface area contributed by atoms with E-state index in [2.05, 4.69) is 0 Å². The summed E-state index contributed by atoms with van der Waals surface area (Å²) in [5, 5.41) is 8.56. The van der Waals surface area contributed by atoms with Crippen molar-refractivity contribution in [2.24, 2.45) is 0 Å². The Balaban J connectivity index is 1.75. The van der Waals surface area contributed by atoms with E-state index >= 15 is 0 Å². The summed E-state index contributed by atoms with van der Waals surface area (Å²) in [6, 6.07) is 16.7. The molecule has 4 heteroatoms. The van der Waals surface area contributed by atoms with Crippen LogP contribution >= 0.6 is 0 Å². The maximum absolute atomic E-state index is 12.0. The van der Waals surface area contributed by atoms with Gasteiger partial charge < -0.3 is 9.84 Å². The number of hydrogen-bond acceptors (Lipinski definition) is 3. The number of hydrogen-bond donors (Lipinski definition) is 1. The third-order valence-corrected chi connectivity index (χ3v) is 3.67. The van der Waals surface area contributed by atoms with Crippen molar-refractivity contribution in [3.63, 3.8) is 0 Å². The van der Waals surface area contributed by atoms with Crippen LogP contribution in [-0.4, -0.2) is 23.5 Å². The van der Waals surface area contributed by atoms with E-state index in [4.69, 9.17) is 9.84 Å². The number of rotatable bonds is 10. The summed E-state index contributed by atoms with van der Waals surface area (Å²) in [7, 11) is 0. The van der Waals surface area contributed by atoms with E-state index in [1.54, 1.807) is 24.3 Å². The minimum absolute atomic E-state index is 0.0257. The molecule has 0 heterocycles. The molecule has 25 heavy (non-hydrogen) atoms. The van der Waals surface area contributed by atoms with Crippen molar-refractivity contribution < 1.29 is 19.4 Å². The summed E-state index contributed by atoms with van der Waals surface area (Å²) in [4.78, 5) is 22.4. The van der Waals surface area contributed by atoms with Gasteiger partial charge in [0.2, 0.25) is 0 Å². The van der Waals surface area contributed by atoms with Gasteiger partial charge in [0.25, 0.3) is 0 Å². The zero-order valence-electron chi connectivity index (χ0n) is 14.1. The topological polar surface area (TPSA) is 63.6 Å². The molecule has 0 unspecified atom stereocenters. The number of carbonyl (C=O) groups excluding carboxylic acids is 1. The highest BCUT2D eigenvalue weighted by Crippen LogP contribution is 2.14. The van der Waals surface area contributed by atoms with Crippen LogP contribution in [0.5, 0.6) is 5.75 Å². The molecule has 0 radical (unpaired) electrons. The molecule has 0 atom stereocenters. The van der Waals surface area contributed by atoms with Gasteiger partial charge >= 0.3 is 5.97 Å². The Labute approximate surface area is 147 Å². The highest BCUT2D eigenvalue weighted by molar-refractivity contribution is 6.06. The second kappa shape index (κ2) is 10.1. The number of carboxylic acids is 1. The van der Waals surface area contributed by atoms with E-state index in [9.17, 15) is 9.59 Å². The maximum atomic E-state index is 12.0. The van der Waals surface area contributed by atoms with Gasteiger partial charge in [-0.3, -0.25) is 9.59 Å². The molecule has 0 amide bonds. The number of aliphatic carboxylic acids is 1. The predicted octanol–water partition coefficient (Wildman–Crippen LogP) is 4.61. The van der Waals surface area contributed by atoms with Crippen molar-refractivity contribution in [3.8, 4) is 5.75 Å². The minimum atomic E-state index is -0.754. The normalized spacial score (nSPS) is 10.7. The number of unbranched alkanes of at least 4 members (excludes halogenated alkanes) is 2. The molecular formula is C21H22O4. The maximum Gasteiger partial charge on any atom is 0.303 e. The molecule has 0 saturated heterocycles. The number of ether oxygens (including phenoxy) is 1. The van der Waals surface area contributed by atoms with Gasteiger partial charge in [-0.05, 0) is 43.0 Å². The second-order valence-electron chi connectivity index (χ2n) is 5.69. The molecule has 0 aromatic heterocycles. The van der Waals surface area contributed by atoms with Crippen LogP contribution in [-0.2, 0) is 4.79 Å². The number of benzene rings is 2. The third-order valence-electron chi connectivity index (χ3n) is 3.67. The molecule has 0 bridgehead atoms. The van der Waals surface area contributed by atoms with Crippen LogP contribution in [0.3, 0.4) is 0 Å². The van der Waals surface area contributed by atoms with Gasteiger partial charge in [0.05, 0.1) is 6.61 Å². The highest BCUT2D eigenvalue weighted by Gasteiger charge is 2.00. The van der Waals surface area contributed by atoms with Crippen LogP contribution in [0.4, 0.5) is 0 Å². The predicted molar refractivity (Wildman–Crippen MR) is 97.8 cm³/mol. The zero-order valence-corrected chi connectivity index (χ0v) is 14.1. The average Bonchev–Trinajstić information content (AvgIpc) is 2.64. The first kappa shape index (κ1) is 18.5. The fourth-order valence-electron chi connectivity index (χ4n) is 2.29. The van der Waals surface area contributed by atoms with Crippen molar-refractivity contribution in [1.29, 1.82) is 0 Å². The van der Waals surface area contributed by atoms with Gasteiger partial charge in [0, 0.05) is 12.0 Å². The Bertz CT molecular complexity index is 702. The molecule has 1 N–H and O–H groups in total. The van der Waals surface area contributed by atoms with Crippen LogP contribution in [0, 0.1) is 0 Å². The quantitative estimate of drug-likeness (QED) is 0.390. The van der Waals surface area contributed by atoms with Crippen LogP contribution in [0.15, 0.2) is 60.7 Å². The third kappa shape index (κ3) is 7.04. The van der Waals surface area contributed by atoms with E-state index in [-0.39, 0.29) is 12.2 Å². The number of carboxylic acid groups (broad SMARTS) is 1. The summed E-state index contributed by atoms with van der Waals surface area (Å²) in [5.41, 5.74) is 1.60. The van der Waals surface area contributed by atoms with E-state index in [0.717, 1.165) is 24.2 Å². The summed E-state index contributed by atoms with van der Waals surface area (Å²) in [6.45, 7) is 0.571. The van der Waals surface area contributed by atoms with Crippen molar-refractivity contribution >= 4 is 17.8 Å². The minimum Gasteiger partial charge on any atom is -0.494 e. The first-order valence-corrected chi connectivity index (χ1v) is 8.37. The van der Waals surface area contributed by atoms with Crippen LogP contribution in [0.25, 0.3) is 6.08 Å². The van der Waals surface area contributed by atoms with Crippen molar-refractivity contribution in [3.05, 3.63) is 71.8 Å². The summed E-state index contributed by atoms with van der Waals surface area (Å²) in [6.07, 6.45) is 5.91. The first-order chi connectivity index (χ1) is 12.1. The lowest BCUT2D eigenvalue weighted by Crippen LogP contribution is -1.99. The lowest BCUT2D eigenvalue weighted by Gasteiger charge is -2.06. The Morgan fingerprint density at radius 3 is 2.32 bits per heavy atom. The van der Waals surface area contributed by atoms with Crippen LogP contribution in [0.1, 0.15) is 41.6 Å². The van der Waals surface area contributed by atoms with E-state index in [1.807, 2.05) is 42.5 Å². The van der Waals surface area contributed by atoms with E-state index in [1.165, 1.54) is 0 Å². The lowest BCUT2D eigenvalue weighted by molar-refractivity contribution is -0.137. The number of ketones is 1. The van der Waals surface area contributed by atoms with E-state index < -0.39 is 5.97 Å². The number of carbonyl (C=O) groups is 2.